The van der Waals surface area contributed by atoms with Crippen LogP contribution in [0.5, 0.6) is 5.75 Å². The zero-order chi connectivity index (χ0) is 30.2. The van der Waals surface area contributed by atoms with Gasteiger partial charge in [0.15, 0.2) is 0 Å². The first-order chi connectivity index (χ1) is 20.2. The van der Waals surface area contributed by atoms with Crippen LogP contribution in [0.4, 0.5) is 0 Å². The standard InChI is InChI=1S/C31H40N4O7/c1-20-16-35(17-21(2)42-20)31(40)25-13-14-28(37)32-26(18-36)30(39)34(3)23(15-22-9-5-4-6-10-22)19-41-27-12-8-7-11-24(27)29(38)33-25/h4-12,20-21,23,25-26,36H,13-19H2,1-3H3,(H,32,37)(H,33,38)/t20-,21+,23-,25+,26+/m1/s1. The van der Waals surface area contributed by atoms with Crippen molar-refractivity contribution in [1.29, 1.82) is 0 Å². The van der Waals surface area contributed by atoms with Crippen LogP contribution in [0.25, 0.3) is 0 Å². The van der Waals surface area contributed by atoms with E-state index in [1.54, 1.807) is 36.2 Å². The molecule has 5 atom stereocenters. The van der Waals surface area contributed by atoms with Crippen LogP contribution in [0.1, 0.15) is 42.6 Å². The smallest absolute Gasteiger partial charge is 0.255 e. The van der Waals surface area contributed by atoms with E-state index in [9.17, 15) is 24.3 Å². The molecule has 0 bridgehead atoms. The number of nitrogens with one attached hydrogen (secondary N) is 2. The van der Waals surface area contributed by atoms with Gasteiger partial charge in [-0.25, -0.2) is 0 Å². The maximum absolute atomic E-state index is 13.6. The van der Waals surface area contributed by atoms with E-state index < -0.39 is 42.5 Å². The Bertz CT molecular complexity index is 1250. The Morgan fingerprint density at radius 2 is 1.64 bits per heavy atom. The van der Waals surface area contributed by atoms with E-state index in [1.165, 1.54) is 4.90 Å². The number of benzene rings is 2. The number of rotatable bonds is 4. The highest BCUT2D eigenvalue weighted by molar-refractivity contribution is 6.00. The third kappa shape index (κ3) is 7.86. The summed E-state index contributed by atoms with van der Waals surface area (Å²) in [5, 5.41) is 15.5. The summed E-state index contributed by atoms with van der Waals surface area (Å²) in [5.41, 5.74) is 1.20. The van der Waals surface area contributed by atoms with Crippen LogP contribution < -0.4 is 15.4 Å². The SMILES string of the molecule is C[C@@H]1CN(C(=O)[C@@H]2CCC(=O)N[C@@H](CO)C(=O)N(C)[C@H](Cc3ccccc3)COc3ccccc3C(=O)N2)C[C@H](C)O1. The van der Waals surface area contributed by atoms with Gasteiger partial charge in [-0.3, -0.25) is 19.2 Å². The molecule has 2 heterocycles. The van der Waals surface area contributed by atoms with Gasteiger partial charge in [-0.05, 0) is 44.4 Å². The van der Waals surface area contributed by atoms with Gasteiger partial charge < -0.3 is 35.0 Å². The first kappa shape index (κ1) is 31.0. The average molecular weight is 581 g/mol. The molecule has 2 aromatic carbocycles. The molecule has 11 heteroatoms. The fourth-order valence-corrected chi connectivity index (χ4v) is 5.38. The number of para-hydroxylation sites is 1. The second-order valence-electron chi connectivity index (χ2n) is 11.0. The quantitative estimate of drug-likeness (QED) is 0.493. The number of aliphatic hydroxyl groups is 1. The Labute approximate surface area is 246 Å². The number of fused-ring (bicyclic) bond motifs is 1. The van der Waals surface area contributed by atoms with E-state index in [0.717, 1.165) is 5.56 Å². The van der Waals surface area contributed by atoms with Gasteiger partial charge in [-0.15, -0.1) is 0 Å². The van der Waals surface area contributed by atoms with Gasteiger partial charge in [0.05, 0.1) is 30.4 Å². The van der Waals surface area contributed by atoms with Gasteiger partial charge in [0.2, 0.25) is 17.7 Å². The number of morpholine rings is 1. The molecular formula is C31H40N4O7. The first-order valence-corrected chi connectivity index (χ1v) is 14.3. The lowest BCUT2D eigenvalue weighted by molar-refractivity contribution is -0.145. The van der Waals surface area contributed by atoms with Gasteiger partial charge in [0.1, 0.15) is 24.4 Å². The summed E-state index contributed by atoms with van der Waals surface area (Å²) in [6.07, 6.45) is -0.0597. The van der Waals surface area contributed by atoms with Crippen LogP contribution >= 0.6 is 0 Å². The number of hydrogen-bond donors (Lipinski definition) is 3. The minimum Gasteiger partial charge on any atom is -0.491 e. The number of amides is 4. The molecule has 4 rings (SSSR count). The number of carbonyl (C=O) groups is 4. The van der Waals surface area contributed by atoms with E-state index in [4.69, 9.17) is 9.47 Å². The Morgan fingerprint density at radius 1 is 0.976 bits per heavy atom. The molecule has 226 valence electrons. The summed E-state index contributed by atoms with van der Waals surface area (Å²) < 4.78 is 11.9. The van der Waals surface area contributed by atoms with Crippen molar-refractivity contribution in [3.05, 3.63) is 65.7 Å². The predicted octanol–water partition coefficient (Wildman–Crippen LogP) is 1.14. The van der Waals surface area contributed by atoms with Gasteiger partial charge in [0.25, 0.3) is 5.91 Å². The topological polar surface area (TPSA) is 138 Å². The van der Waals surface area contributed by atoms with Crippen molar-refractivity contribution in [3.63, 3.8) is 0 Å². The lowest BCUT2D eigenvalue weighted by atomic mass is 10.0. The van der Waals surface area contributed by atoms with Crippen molar-refractivity contribution in [2.45, 2.75) is 63.4 Å². The maximum atomic E-state index is 13.6. The molecule has 0 aromatic heterocycles. The van der Waals surface area contributed by atoms with Gasteiger partial charge >= 0.3 is 0 Å². The van der Waals surface area contributed by atoms with Crippen molar-refractivity contribution < 1.29 is 33.8 Å². The van der Waals surface area contributed by atoms with Gasteiger partial charge in [0, 0.05) is 26.6 Å². The van der Waals surface area contributed by atoms with Crippen LogP contribution in [-0.2, 0) is 25.5 Å². The van der Waals surface area contributed by atoms with E-state index in [-0.39, 0.29) is 43.1 Å². The molecule has 4 amide bonds. The second kappa shape index (κ2) is 14.3. The molecule has 2 aliphatic heterocycles. The van der Waals surface area contributed by atoms with Crippen molar-refractivity contribution in [2.24, 2.45) is 0 Å². The Morgan fingerprint density at radius 3 is 2.33 bits per heavy atom. The van der Waals surface area contributed by atoms with Crippen LogP contribution in [-0.4, -0.2) is 102 Å². The van der Waals surface area contributed by atoms with Crippen LogP contribution in [0, 0.1) is 0 Å². The average Bonchev–Trinajstić information content (AvgIpc) is 2.98. The van der Waals surface area contributed by atoms with Crippen LogP contribution in [0.15, 0.2) is 54.6 Å². The minimum atomic E-state index is -1.18. The maximum Gasteiger partial charge on any atom is 0.255 e. The molecule has 11 nitrogen and oxygen atoms in total. The molecule has 0 unspecified atom stereocenters. The fraction of sp³-hybridized carbons (Fsp3) is 0.484. The summed E-state index contributed by atoms with van der Waals surface area (Å²) in [6.45, 7) is 3.91. The summed E-state index contributed by atoms with van der Waals surface area (Å²) in [4.78, 5) is 56.7. The van der Waals surface area contributed by atoms with E-state index in [1.807, 2.05) is 44.2 Å². The Hall–Kier alpha value is -3.96. The molecule has 1 saturated heterocycles. The van der Waals surface area contributed by atoms with Crippen LogP contribution in [0.2, 0.25) is 0 Å². The number of hydrogen-bond acceptors (Lipinski definition) is 7. The molecule has 2 aliphatic rings. The van der Waals surface area contributed by atoms with Crippen LogP contribution in [0.3, 0.4) is 0 Å². The Kier molecular flexibility index (Phi) is 10.5. The van der Waals surface area contributed by atoms with E-state index >= 15 is 0 Å². The molecule has 42 heavy (non-hydrogen) atoms. The van der Waals surface area contributed by atoms with Crippen molar-refractivity contribution in [3.8, 4) is 5.75 Å². The fourth-order valence-electron chi connectivity index (χ4n) is 5.38. The number of aliphatic hydroxyl groups excluding tert-OH is 1. The van der Waals surface area contributed by atoms with Gasteiger partial charge in [-0.1, -0.05) is 42.5 Å². The lowest BCUT2D eigenvalue weighted by Crippen LogP contribution is -2.55. The van der Waals surface area contributed by atoms with Crippen molar-refractivity contribution in [2.75, 3.05) is 33.4 Å². The van der Waals surface area contributed by atoms with Crippen molar-refractivity contribution in [1.82, 2.24) is 20.4 Å². The highest BCUT2D eigenvalue weighted by Gasteiger charge is 2.34. The zero-order valence-electron chi connectivity index (χ0n) is 24.3. The number of carbonyl (C=O) groups excluding carboxylic acids is 4. The highest BCUT2D eigenvalue weighted by atomic mass is 16.5. The molecular weight excluding hydrogens is 540 g/mol. The largest absolute Gasteiger partial charge is 0.491 e. The normalized spacial score (nSPS) is 26.2. The molecule has 0 saturated carbocycles. The molecule has 1 fully saturated rings. The summed E-state index contributed by atoms with van der Waals surface area (Å²) in [6, 6.07) is 13.6. The molecule has 3 N–H and O–H groups in total. The predicted molar refractivity (Wildman–Crippen MR) is 155 cm³/mol. The second-order valence-corrected chi connectivity index (χ2v) is 11.0. The lowest BCUT2D eigenvalue weighted by Gasteiger charge is -2.37. The summed E-state index contributed by atoms with van der Waals surface area (Å²) in [7, 11) is 1.60. The molecule has 0 aliphatic carbocycles. The third-order valence-electron chi connectivity index (χ3n) is 7.58. The Balaban J connectivity index is 1.65. The minimum absolute atomic E-state index is 0.00163. The highest BCUT2D eigenvalue weighted by Crippen LogP contribution is 2.21. The van der Waals surface area contributed by atoms with Crippen molar-refractivity contribution >= 4 is 23.6 Å². The molecule has 0 radical (unpaired) electrons. The first-order valence-electron chi connectivity index (χ1n) is 14.3. The summed E-state index contributed by atoms with van der Waals surface area (Å²) >= 11 is 0. The summed E-state index contributed by atoms with van der Waals surface area (Å²) in [5.74, 6) is -1.52. The van der Waals surface area contributed by atoms with Gasteiger partial charge in [-0.2, -0.15) is 0 Å². The monoisotopic (exact) mass is 580 g/mol. The third-order valence-corrected chi connectivity index (χ3v) is 7.58. The number of ether oxygens (including phenoxy) is 2. The number of nitrogens with zero attached hydrogens (tertiary/aromatic N) is 2. The van der Waals surface area contributed by atoms with E-state index in [0.29, 0.717) is 25.3 Å². The molecule has 0 spiro atoms. The number of likely N-dealkylation sites (N-methyl/N-ethyl adjacent to an activating group) is 1. The zero-order valence-corrected chi connectivity index (χ0v) is 24.3. The van der Waals surface area contributed by atoms with E-state index in [2.05, 4.69) is 10.6 Å². The molecule has 2 aromatic rings.